The Morgan fingerprint density at radius 3 is 2.95 bits per heavy atom. The van der Waals surface area contributed by atoms with Crippen molar-refractivity contribution in [2.75, 3.05) is 5.73 Å². The quantitative estimate of drug-likeness (QED) is 0.800. The molecular weight excluding hydrogens is 244 g/mol. The highest BCUT2D eigenvalue weighted by atomic mass is 16.1. The largest absolute Gasteiger partial charge is 0.368 e. The van der Waals surface area contributed by atoms with Gasteiger partial charge >= 0.3 is 0 Å². The van der Waals surface area contributed by atoms with Gasteiger partial charge in [-0.3, -0.25) is 9.78 Å². The molecule has 7 heteroatoms. The van der Waals surface area contributed by atoms with E-state index < -0.39 is 0 Å². The first-order valence-electron chi connectivity index (χ1n) is 6.57. The Hall–Kier alpha value is -1.92. The molecular formula is C12H18N6O. The van der Waals surface area contributed by atoms with Gasteiger partial charge in [-0.1, -0.05) is 20.3 Å². The molecule has 0 radical (unpaired) electrons. The van der Waals surface area contributed by atoms with Crippen LogP contribution in [0.15, 0.2) is 4.79 Å². The third-order valence-electron chi connectivity index (χ3n) is 3.89. The second kappa shape index (κ2) is 4.04. The van der Waals surface area contributed by atoms with Gasteiger partial charge in [0.2, 0.25) is 11.6 Å². The first-order chi connectivity index (χ1) is 8.96. The molecule has 19 heavy (non-hydrogen) atoms. The number of hydrogen-bond donors (Lipinski definition) is 2. The maximum atomic E-state index is 11.7. The summed E-state index contributed by atoms with van der Waals surface area (Å²) in [6.45, 7) is 4.52. The Labute approximate surface area is 110 Å². The molecule has 1 atom stereocenters. The van der Waals surface area contributed by atoms with Gasteiger partial charge in [0.15, 0.2) is 5.82 Å². The summed E-state index contributed by atoms with van der Waals surface area (Å²) in [4.78, 5) is 14.2. The van der Waals surface area contributed by atoms with Crippen molar-refractivity contribution in [3.63, 3.8) is 0 Å². The monoisotopic (exact) mass is 262 g/mol. The molecule has 0 saturated heterocycles. The number of nitrogen functional groups attached to an aromatic ring is 1. The van der Waals surface area contributed by atoms with Crippen LogP contribution in [0, 0.1) is 5.41 Å². The Kier molecular flexibility index (Phi) is 2.58. The highest BCUT2D eigenvalue weighted by molar-refractivity contribution is 5.35. The average Bonchev–Trinajstić information content (AvgIpc) is 2.71. The van der Waals surface area contributed by atoms with Gasteiger partial charge in [-0.2, -0.15) is 4.52 Å². The summed E-state index contributed by atoms with van der Waals surface area (Å²) in [6, 6.07) is 0. The van der Waals surface area contributed by atoms with Crippen molar-refractivity contribution in [2.24, 2.45) is 5.41 Å². The van der Waals surface area contributed by atoms with Gasteiger partial charge in [0.05, 0.1) is 0 Å². The van der Waals surface area contributed by atoms with Crippen molar-refractivity contribution < 1.29 is 0 Å². The first kappa shape index (κ1) is 12.1. The summed E-state index contributed by atoms with van der Waals surface area (Å²) in [5.41, 5.74) is 5.76. The number of nitrogens with zero attached hydrogens (tertiary/aromatic N) is 4. The minimum absolute atomic E-state index is 0.0913. The Morgan fingerprint density at radius 1 is 1.42 bits per heavy atom. The summed E-state index contributed by atoms with van der Waals surface area (Å²) in [7, 11) is 0. The van der Waals surface area contributed by atoms with Crippen LogP contribution < -0.4 is 11.3 Å². The van der Waals surface area contributed by atoms with Crippen molar-refractivity contribution in [1.82, 2.24) is 24.8 Å². The number of H-pyrrole nitrogens is 1. The van der Waals surface area contributed by atoms with Crippen LogP contribution in [0.3, 0.4) is 0 Å². The lowest BCUT2D eigenvalue weighted by Gasteiger charge is -2.34. The number of nitrogens with two attached hydrogens (primary N) is 1. The minimum Gasteiger partial charge on any atom is -0.368 e. The highest BCUT2D eigenvalue weighted by Crippen LogP contribution is 2.42. The van der Waals surface area contributed by atoms with Gasteiger partial charge in [-0.25, -0.2) is 0 Å². The van der Waals surface area contributed by atoms with Crippen molar-refractivity contribution in [3.05, 3.63) is 16.2 Å². The third kappa shape index (κ3) is 2.09. The van der Waals surface area contributed by atoms with E-state index in [9.17, 15) is 4.79 Å². The predicted octanol–water partition coefficient (Wildman–Crippen LogP) is 1.08. The summed E-state index contributed by atoms with van der Waals surface area (Å²) in [5.74, 6) is 1.13. The van der Waals surface area contributed by atoms with Gasteiger partial charge < -0.3 is 5.73 Å². The second-order valence-electron chi connectivity index (χ2n) is 6.09. The normalized spacial score (nSPS) is 22.7. The van der Waals surface area contributed by atoms with Crippen LogP contribution in [-0.2, 0) is 0 Å². The van der Waals surface area contributed by atoms with E-state index in [-0.39, 0.29) is 23.1 Å². The summed E-state index contributed by atoms with van der Waals surface area (Å²) >= 11 is 0. The van der Waals surface area contributed by atoms with E-state index in [4.69, 9.17) is 5.73 Å². The fourth-order valence-corrected chi connectivity index (χ4v) is 3.01. The van der Waals surface area contributed by atoms with E-state index in [1.54, 1.807) is 0 Å². The average molecular weight is 262 g/mol. The van der Waals surface area contributed by atoms with Crippen molar-refractivity contribution >= 4 is 11.6 Å². The van der Waals surface area contributed by atoms with E-state index >= 15 is 0 Å². The molecule has 0 aromatic carbocycles. The topological polar surface area (TPSA) is 102 Å². The molecule has 3 rings (SSSR count). The van der Waals surface area contributed by atoms with Crippen LogP contribution in [-0.4, -0.2) is 24.8 Å². The number of rotatable bonds is 1. The molecule has 2 heterocycles. The third-order valence-corrected chi connectivity index (χ3v) is 3.89. The molecule has 1 fully saturated rings. The molecule has 3 N–H and O–H groups in total. The van der Waals surface area contributed by atoms with E-state index in [0.29, 0.717) is 5.41 Å². The number of aromatic nitrogens is 5. The van der Waals surface area contributed by atoms with E-state index in [1.165, 1.54) is 10.9 Å². The van der Waals surface area contributed by atoms with Crippen LogP contribution in [0.4, 0.5) is 5.95 Å². The summed E-state index contributed by atoms with van der Waals surface area (Å²) in [6.07, 6.45) is 4.46. The molecule has 0 aliphatic heterocycles. The molecule has 1 aliphatic carbocycles. The summed E-state index contributed by atoms with van der Waals surface area (Å²) < 4.78 is 1.50. The SMILES string of the molecule is CC1(C)CCCC(c2nnc3c(=O)[nH]c(N)nn23)C1. The molecule has 0 amide bonds. The Balaban J connectivity index is 2.08. The maximum absolute atomic E-state index is 11.7. The molecule has 7 nitrogen and oxygen atoms in total. The number of hydrogen-bond acceptors (Lipinski definition) is 5. The van der Waals surface area contributed by atoms with Crippen molar-refractivity contribution in [1.29, 1.82) is 0 Å². The van der Waals surface area contributed by atoms with Gasteiger partial charge in [0.25, 0.3) is 5.56 Å². The fourth-order valence-electron chi connectivity index (χ4n) is 3.01. The number of anilines is 1. The Bertz CT molecular complexity index is 670. The highest BCUT2D eigenvalue weighted by Gasteiger charge is 2.32. The lowest BCUT2D eigenvalue weighted by atomic mass is 9.72. The molecule has 102 valence electrons. The fraction of sp³-hybridized carbons (Fsp3) is 0.667. The zero-order valence-corrected chi connectivity index (χ0v) is 11.2. The molecule has 0 bridgehead atoms. The van der Waals surface area contributed by atoms with Crippen LogP contribution in [0.2, 0.25) is 0 Å². The zero-order valence-electron chi connectivity index (χ0n) is 11.2. The Morgan fingerprint density at radius 2 is 2.21 bits per heavy atom. The number of aromatic amines is 1. The lowest BCUT2D eigenvalue weighted by molar-refractivity contribution is 0.213. The van der Waals surface area contributed by atoms with Crippen LogP contribution in [0.25, 0.3) is 5.65 Å². The minimum atomic E-state index is -0.346. The van der Waals surface area contributed by atoms with Crippen LogP contribution in [0.1, 0.15) is 51.3 Å². The van der Waals surface area contributed by atoms with Crippen molar-refractivity contribution in [3.8, 4) is 0 Å². The second-order valence-corrected chi connectivity index (χ2v) is 6.09. The van der Waals surface area contributed by atoms with Gasteiger partial charge in [-0.05, 0) is 24.7 Å². The standard InChI is InChI=1S/C12H18N6O/c1-12(2)5-3-4-7(6-12)8-15-16-9-10(19)14-11(13)17-18(8)9/h7H,3-6H2,1-2H3,(H3,13,14,17,19). The van der Waals surface area contributed by atoms with Gasteiger partial charge in [0, 0.05) is 5.92 Å². The summed E-state index contributed by atoms with van der Waals surface area (Å²) in [5, 5.41) is 12.2. The molecule has 1 aliphatic rings. The maximum Gasteiger partial charge on any atom is 0.297 e. The molecule has 2 aromatic rings. The smallest absolute Gasteiger partial charge is 0.297 e. The molecule has 0 spiro atoms. The predicted molar refractivity (Wildman–Crippen MR) is 70.8 cm³/mol. The van der Waals surface area contributed by atoms with Gasteiger partial charge in [-0.15, -0.1) is 15.3 Å². The van der Waals surface area contributed by atoms with E-state index in [0.717, 1.165) is 25.1 Å². The first-order valence-corrected chi connectivity index (χ1v) is 6.57. The van der Waals surface area contributed by atoms with Crippen molar-refractivity contribution in [2.45, 2.75) is 45.4 Å². The molecule has 1 unspecified atom stereocenters. The lowest BCUT2D eigenvalue weighted by Crippen LogP contribution is -2.24. The van der Waals surface area contributed by atoms with E-state index in [2.05, 4.69) is 34.1 Å². The van der Waals surface area contributed by atoms with Gasteiger partial charge in [0.1, 0.15) is 0 Å². The number of nitrogens with one attached hydrogen (secondary N) is 1. The van der Waals surface area contributed by atoms with Crippen LogP contribution in [0.5, 0.6) is 0 Å². The van der Waals surface area contributed by atoms with E-state index in [1.807, 2.05) is 0 Å². The molecule has 1 saturated carbocycles. The van der Waals surface area contributed by atoms with Crippen LogP contribution >= 0.6 is 0 Å². The zero-order chi connectivity index (χ0) is 13.6. The molecule has 2 aromatic heterocycles. The number of fused-ring (bicyclic) bond motifs is 1.